The lowest BCUT2D eigenvalue weighted by Gasteiger charge is -2.29. The van der Waals surface area contributed by atoms with Crippen LogP contribution in [0.25, 0.3) is 0 Å². The molecule has 1 aliphatic heterocycles. The molecule has 0 radical (unpaired) electrons. The van der Waals surface area contributed by atoms with E-state index in [-0.39, 0.29) is 48.7 Å². The molecule has 0 spiro atoms. The fraction of sp³-hybridized carbons (Fsp3) is 0.532. The summed E-state index contributed by atoms with van der Waals surface area (Å²) in [6.07, 6.45) is -3.07. The Morgan fingerprint density at radius 3 is 1.81 bits per heavy atom. The summed E-state index contributed by atoms with van der Waals surface area (Å²) in [4.78, 5) is 128. The predicted octanol–water partition coefficient (Wildman–Crippen LogP) is 1.54. The van der Waals surface area contributed by atoms with E-state index in [0.717, 1.165) is 0 Å². The quantitative estimate of drug-likeness (QED) is 0.0686. The van der Waals surface area contributed by atoms with Crippen LogP contribution < -0.4 is 43.0 Å². The van der Waals surface area contributed by atoms with Crippen molar-refractivity contribution in [3.63, 3.8) is 0 Å². The molecule has 1 heterocycles. The Bertz CT molecular complexity index is 2270. The average Bonchev–Trinajstić information content (AvgIpc) is 3.79. The minimum absolute atomic E-state index is 0.00815. The summed E-state index contributed by atoms with van der Waals surface area (Å²) in [5.41, 5.74) is 7.47. The van der Waals surface area contributed by atoms with Gasteiger partial charge in [0.1, 0.15) is 30.2 Å². The summed E-state index contributed by atoms with van der Waals surface area (Å²) < 4.78 is 31.7. The van der Waals surface area contributed by atoms with Crippen molar-refractivity contribution in [3.8, 4) is 0 Å². The number of halogens is 3. The minimum Gasteiger partial charge on any atom is -0.475 e. The van der Waals surface area contributed by atoms with Gasteiger partial charge in [0, 0.05) is 42.0 Å². The Balaban J connectivity index is 0.00000171. The van der Waals surface area contributed by atoms with Crippen LogP contribution in [0.4, 0.5) is 18.9 Å². The number of alkyl halides is 3. The SMILES string of the molecule is CC(C)C[C@H](NC(=O)[C@H](C)NC(=O)[C@H](C)NC(=O)[C@@H](C)N)C(=O)NCC(=O)N[C@@H](CC(C)C)C(=O)N1CCC[C@@H]1C(=O)NCCCNc1cccc2c1C(=O)c1ccccc1C2=O.O=C(O)C(F)(F)F. The first kappa shape index (κ1) is 57.4. The van der Waals surface area contributed by atoms with Crippen molar-refractivity contribution in [2.24, 2.45) is 17.6 Å². The third kappa shape index (κ3) is 16.7. The van der Waals surface area contributed by atoms with Crippen LogP contribution in [-0.4, -0.2) is 137 Å². The molecule has 1 fully saturated rings. The number of rotatable bonds is 21. The van der Waals surface area contributed by atoms with E-state index in [1.54, 1.807) is 42.5 Å². The molecule has 4 rings (SSSR count). The Hall–Kier alpha value is -6.91. The monoisotopic (exact) mass is 987 g/mol. The van der Waals surface area contributed by atoms with E-state index >= 15 is 0 Å². The highest BCUT2D eigenvalue weighted by Gasteiger charge is 2.39. The molecule has 0 unspecified atom stereocenters. The van der Waals surface area contributed by atoms with Crippen LogP contribution in [0.2, 0.25) is 0 Å². The van der Waals surface area contributed by atoms with Crippen LogP contribution in [0.15, 0.2) is 42.5 Å². The highest BCUT2D eigenvalue weighted by molar-refractivity contribution is 6.30. The van der Waals surface area contributed by atoms with Gasteiger partial charge in [-0.2, -0.15) is 13.2 Å². The van der Waals surface area contributed by atoms with Crippen LogP contribution in [0, 0.1) is 11.8 Å². The molecule has 70 heavy (non-hydrogen) atoms. The Kier molecular flexibility index (Phi) is 21.5. The number of benzene rings is 2. The third-order valence-electron chi connectivity index (χ3n) is 11.0. The number of carboxylic acid groups (broad SMARTS) is 1. The number of likely N-dealkylation sites (tertiary alicyclic amines) is 1. The first-order chi connectivity index (χ1) is 32.7. The van der Waals surface area contributed by atoms with Crippen LogP contribution >= 0.6 is 0 Å². The lowest BCUT2D eigenvalue weighted by atomic mass is 9.83. The van der Waals surface area contributed by atoms with Crippen LogP contribution in [0.1, 0.15) is 112 Å². The summed E-state index contributed by atoms with van der Waals surface area (Å²) >= 11 is 0. The van der Waals surface area contributed by atoms with E-state index in [9.17, 15) is 56.3 Å². The molecule has 1 aliphatic carbocycles. The zero-order valence-electron chi connectivity index (χ0n) is 40.2. The van der Waals surface area contributed by atoms with Crippen molar-refractivity contribution in [1.29, 1.82) is 0 Å². The van der Waals surface area contributed by atoms with E-state index < -0.39 is 90.4 Å². The molecule has 23 heteroatoms. The van der Waals surface area contributed by atoms with Crippen molar-refractivity contribution in [2.45, 2.75) is 123 Å². The predicted molar refractivity (Wildman–Crippen MR) is 249 cm³/mol. The van der Waals surface area contributed by atoms with E-state index in [4.69, 9.17) is 15.6 Å². The van der Waals surface area contributed by atoms with Gasteiger partial charge in [-0.3, -0.25) is 43.2 Å². The summed E-state index contributed by atoms with van der Waals surface area (Å²) in [6, 6.07) is 6.20. The molecule has 2 aliphatic rings. The minimum atomic E-state index is -5.08. The second-order valence-electron chi connectivity index (χ2n) is 17.9. The maximum atomic E-state index is 13.9. The molecule has 0 saturated carbocycles. The van der Waals surface area contributed by atoms with Gasteiger partial charge in [-0.1, -0.05) is 64.1 Å². The summed E-state index contributed by atoms with van der Waals surface area (Å²) in [5.74, 6) is -7.08. The van der Waals surface area contributed by atoms with Crippen LogP contribution in [0.3, 0.4) is 0 Å². The number of aliphatic carboxylic acids is 1. The number of fused-ring (bicyclic) bond motifs is 2. The van der Waals surface area contributed by atoms with Crippen molar-refractivity contribution < 1.29 is 66.2 Å². The maximum Gasteiger partial charge on any atom is 0.490 e. The maximum absolute atomic E-state index is 13.9. The number of nitrogens with zero attached hydrogens (tertiary/aromatic N) is 1. The number of carbonyl (C=O) groups is 10. The van der Waals surface area contributed by atoms with Gasteiger partial charge >= 0.3 is 12.1 Å². The van der Waals surface area contributed by atoms with Gasteiger partial charge in [-0.15, -0.1) is 0 Å². The average molecular weight is 988 g/mol. The van der Waals surface area contributed by atoms with Gasteiger partial charge in [0.05, 0.1) is 18.2 Å². The smallest absolute Gasteiger partial charge is 0.475 e. The zero-order chi connectivity index (χ0) is 52.6. The number of hydrogen-bond donors (Lipinski definition) is 9. The van der Waals surface area contributed by atoms with Crippen molar-refractivity contribution in [3.05, 3.63) is 64.7 Å². The molecule has 2 aromatic carbocycles. The van der Waals surface area contributed by atoms with Gasteiger partial charge < -0.3 is 53.0 Å². The molecule has 10 N–H and O–H groups in total. The number of nitrogens with one attached hydrogen (secondary N) is 7. The topological polar surface area (TPSA) is 304 Å². The van der Waals surface area contributed by atoms with E-state index in [1.165, 1.54) is 25.7 Å². The van der Waals surface area contributed by atoms with Crippen molar-refractivity contribution >= 4 is 64.6 Å². The number of anilines is 1. The molecule has 2 aromatic rings. The molecule has 0 aromatic heterocycles. The van der Waals surface area contributed by atoms with Crippen LogP contribution in [-0.2, 0) is 38.4 Å². The number of amides is 7. The second-order valence-corrected chi connectivity index (χ2v) is 17.9. The Morgan fingerprint density at radius 2 is 1.24 bits per heavy atom. The normalized spacial score (nSPS) is 16.2. The Morgan fingerprint density at radius 1 is 0.700 bits per heavy atom. The molecule has 7 amide bonds. The second kappa shape index (κ2) is 26.2. The highest BCUT2D eigenvalue weighted by Crippen LogP contribution is 2.32. The van der Waals surface area contributed by atoms with Gasteiger partial charge in [0.25, 0.3) is 0 Å². The van der Waals surface area contributed by atoms with E-state index in [1.807, 2.05) is 27.7 Å². The summed E-state index contributed by atoms with van der Waals surface area (Å²) in [7, 11) is 0. The van der Waals surface area contributed by atoms with Crippen molar-refractivity contribution in [1.82, 2.24) is 36.8 Å². The zero-order valence-corrected chi connectivity index (χ0v) is 40.2. The number of carbonyl (C=O) groups excluding carboxylic acids is 9. The largest absolute Gasteiger partial charge is 0.490 e. The fourth-order valence-corrected chi connectivity index (χ4v) is 7.48. The molecule has 0 bridgehead atoms. The highest BCUT2D eigenvalue weighted by atomic mass is 19.4. The lowest BCUT2D eigenvalue weighted by molar-refractivity contribution is -0.192. The molecule has 1 saturated heterocycles. The van der Waals surface area contributed by atoms with Gasteiger partial charge in [0.2, 0.25) is 41.4 Å². The van der Waals surface area contributed by atoms with Crippen LogP contribution in [0.5, 0.6) is 0 Å². The van der Waals surface area contributed by atoms with Crippen molar-refractivity contribution in [2.75, 3.05) is 31.5 Å². The fourth-order valence-electron chi connectivity index (χ4n) is 7.48. The first-order valence-corrected chi connectivity index (χ1v) is 22.9. The van der Waals surface area contributed by atoms with E-state index in [0.29, 0.717) is 60.3 Å². The molecule has 6 atom stereocenters. The number of ketones is 2. The molecular formula is C47H64F3N9O11. The van der Waals surface area contributed by atoms with Gasteiger partial charge in [-0.05, 0) is 70.8 Å². The number of carboxylic acids is 1. The third-order valence-corrected chi connectivity index (χ3v) is 11.0. The van der Waals surface area contributed by atoms with E-state index in [2.05, 4.69) is 37.2 Å². The summed E-state index contributed by atoms with van der Waals surface area (Å²) in [5, 5.41) is 26.1. The van der Waals surface area contributed by atoms with Gasteiger partial charge in [0.15, 0.2) is 11.6 Å². The molecule has 384 valence electrons. The number of hydrogen-bond acceptors (Lipinski definition) is 12. The number of nitrogens with two attached hydrogens (primary N) is 1. The standard InChI is InChI=1S/C45H63N9O9.C2HF3O2/c1-24(2)21-33(53-42(60)28(7)51-41(59)27(6)50-40(58)26(5)46)43(61)49-23-36(55)52-34(22-25(3)4)45(63)54-20-11-17-35(54)44(62)48-19-12-18-47-32-16-10-15-31-37(32)39(57)30-14-9-8-13-29(30)38(31)56;3-2(4,5)1(6)7/h8-10,13-16,24-28,33-35,47H,11-12,17-23,46H2,1-7H3,(H,48,62)(H,49,61)(H,50,58)(H,51,59)(H,52,55)(H,53,60);(H,6,7)/t26-,27+,28+,33+,34+,35-;/m1./s1. The first-order valence-electron chi connectivity index (χ1n) is 22.9. The van der Waals surface area contributed by atoms with Gasteiger partial charge in [-0.25, -0.2) is 4.79 Å². The Labute approximate surface area is 403 Å². The lowest BCUT2D eigenvalue weighted by Crippen LogP contribution is -2.57. The molecule has 20 nitrogen and oxygen atoms in total. The summed E-state index contributed by atoms with van der Waals surface area (Å²) in [6.45, 7) is 12.3. The molecular weight excluding hydrogens is 924 g/mol.